The molecule has 0 radical (unpaired) electrons. The molecule has 2 aromatic heterocycles. The lowest BCUT2D eigenvalue weighted by molar-refractivity contribution is 0.118. The lowest BCUT2D eigenvalue weighted by Crippen LogP contribution is -2.49. The molecule has 1 atom stereocenters. The number of nitrogens with one attached hydrogen (secondary N) is 1. The van der Waals surface area contributed by atoms with E-state index in [1.54, 1.807) is 0 Å². The number of anilines is 2. The molecule has 8 nitrogen and oxygen atoms in total. The number of hydrogen-bond acceptors (Lipinski definition) is 7. The van der Waals surface area contributed by atoms with E-state index in [0.717, 1.165) is 49.8 Å². The SMILES string of the molecule is CCc1nc2c(NCC(O)CN3CCN(c4cccc(C)c4C)CC3)ncnc2n1-c1ccc(Cl)cc1. The van der Waals surface area contributed by atoms with E-state index in [9.17, 15) is 5.11 Å². The Hall–Kier alpha value is -3.20. The number of hydrogen-bond donors (Lipinski definition) is 2. The Bertz CT molecular complexity index is 1360. The van der Waals surface area contributed by atoms with Crippen molar-refractivity contribution in [1.82, 2.24) is 24.4 Å². The van der Waals surface area contributed by atoms with E-state index in [4.69, 9.17) is 16.6 Å². The number of aliphatic hydroxyl groups is 1. The smallest absolute Gasteiger partial charge is 0.170 e. The third-order valence-electron chi connectivity index (χ3n) is 7.18. The predicted molar refractivity (Wildman–Crippen MR) is 150 cm³/mol. The van der Waals surface area contributed by atoms with Crippen molar-refractivity contribution in [3.05, 3.63) is 70.8 Å². The maximum atomic E-state index is 10.8. The van der Waals surface area contributed by atoms with E-state index in [-0.39, 0.29) is 0 Å². The number of aryl methyl sites for hydroxylation is 2. The number of aromatic nitrogens is 4. The fourth-order valence-electron chi connectivity index (χ4n) is 4.99. The lowest BCUT2D eigenvalue weighted by Gasteiger charge is -2.37. The molecule has 5 rings (SSSR count). The molecule has 0 bridgehead atoms. The van der Waals surface area contributed by atoms with Gasteiger partial charge in [-0.05, 0) is 55.3 Å². The molecule has 0 amide bonds. The Balaban J connectivity index is 1.22. The number of rotatable bonds is 8. The Kier molecular flexibility index (Phi) is 7.60. The maximum absolute atomic E-state index is 10.8. The minimum atomic E-state index is -0.527. The highest BCUT2D eigenvalue weighted by atomic mass is 35.5. The summed E-state index contributed by atoms with van der Waals surface area (Å²) in [6.07, 6.45) is 1.76. The highest BCUT2D eigenvalue weighted by Gasteiger charge is 2.22. The van der Waals surface area contributed by atoms with Crippen LogP contribution in [-0.4, -0.2) is 74.9 Å². The molecule has 2 aromatic carbocycles. The lowest BCUT2D eigenvalue weighted by atomic mass is 10.1. The molecule has 1 aliphatic heterocycles. The second-order valence-corrected chi connectivity index (χ2v) is 10.1. The molecule has 1 fully saturated rings. The molecule has 2 N–H and O–H groups in total. The molecule has 9 heteroatoms. The van der Waals surface area contributed by atoms with Gasteiger partial charge in [-0.15, -0.1) is 0 Å². The van der Waals surface area contributed by atoms with Gasteiger partial charge in [-0.3, -0.25) is 9.47 Å². The summed E-state index contributed by atoms with van der Waals surface area (Å²) in [6, 6.07) is 14.1. The van der Waals surface area contributed by atoms with Crippen molar-refractivity contribution < 1.29 is 5.11 Å². The molecule has 37 heavy (non-hydrogen) atoms. The highest BCUT2D eigenvalue weighted by Crippen LogP contribution is 2.26. The summed E-state index contributed by atoms with van der Waals surface area (Å²) in [5.41, 5.74) is 6.37. The number of halogens is 1. The van der Waals surface area contributed by atoms with E-state index in [1.165, 1.54) is 23.1 Å². The first-order chi connectivity index (χ1) is 17.9. The molecular weight excluding hydrogens is 486 g/mol. The van der Waals surface area contributed by atoms with Crippen LogP contribution >= 0.6 is 11.6 Å². The molecule has 1 unspecified atom stereocenters. The van der Waals surface area contributed by atoms with Gasteiger partial charge in [0.2, 0.25) is 0 Å². The van der Waals surface area contributed by atoms with Crippen molar-refractivity contribution in [2.75, 3.05) is 49.5 Å². The number of piperazine rings is 1. The first-order valence-corrected chi connectivity index (χ1v) is 13.3. The number of nitrogens with zero attached hydrogens (tertiary/aromatic N) is 6. The normalized spacial score (nSPS) is 15.3. The van der Waals surface area contributed by atoms with Crippen LogP contribution in [0.2, 0.25) is 5.02 Å². The first kappa shape index (κ1) is 25.4. The van der Waals surface area contributed by atoms with Crippen LogP contribution in [0.1, 0.15) is 23.9 Å². The van der Waals surface area contributed by atoms with Gasteiger partial charge in [-0.1, -0.05) is 30.7 Å². The average Bonchev–Trinajstić information content (AvgIpc) is 3.29. The number of aliphatic hydroxyl groups excluding tert-OH is 1. The maximum Gasteiger partial charge on any atom is 0.170 e. The summed E-state index contributed by atoms with van der Waals surface area (Å²) in [5.74, 6) is 1.52. The van der Waals surface area contributed by atoms with Crippen LogP contribution in [0.15, 0.2) is 48.8 Å². The van der Waals surface area contributed by atoms with Gasteiger partial charge < -0.3 is 15.3 Å². The van der Waals surface area contributed by atoms with E-state index in [2.05, 4.69) is 64.1 Å². The summed E-state index contributed by atoms with van der Waals surface area (Å²) in [4.78, 5) is 18.5. The van der Waals surface area contributed by atoms with E-state index in [0.29, 0.717) is 29.4 Å². The van der Waals surface area contributed by atoms with E-state index in [1.807, 2.05) is 28.8 Å². The Morgan fingerprint density at radius 2 is 1.78 bits per heavy atom. The molecule has 0 aliphatic carbocycles. The minimum Gasteiger partial charge on any atom is -0.390 e. The quantitative estimate of drug-likeness (QED) is 0.360. The third-order valence-corrected chi connectivity index (χ3v) is 7.43. The summed E-state index contributed by atoms with van der Waals surface area (Å²) >= 11 is 6.09. The van der Waals surface area contributed by atoms with Crippen LogP contribution in [0.5, 0.6) is 0 Å². The fraction of sp³-hybridized carbons (Fsp3) is 0.393. The molecular formula is C28H34ClN7O. The van der Waals surface area contributed by atoms with Gasteiger partial charge in [0.05, 0.1) is 6.10 Å². The van der Waals surface area contributed by atoms with E-state index < -0.39 is 6.10 Å². The van der Waals surface area contributed by atoms with Gasteiger partial charge in [0.25, 0.3) is 0 Å². The van der Waals surface area contributed by atoms with Gasteiger partial charge in [0.15, 0.2) is 17.0 Å². The van der Waals surface area contributed by atoms with Crippen LogP contribution < -0.4 is 10.2 Å². The second kappa shape index (κ2) is 11.0. The van der Waals surface area contributed by atoms with Gasteiger partial charge in [-0.2, -0.15) is 0 Å². The number of β-amino-alcohol motifs (C(OH)–C–C–N with tert-alkyl or cyclic N) is 1. The molecule has 4 aromatic rings. The van der Waals surface area contributed by atoms with Gasteiger partial charge >= 0.3 is 0 Å². The minimum absolute atomic E-state index is 0.387. The monoisotopic (exact) mass is 519 g/mol. The standard InChI is InChI=1S/C28H34ClN7O/c1-4-25-33-26-27(31-18-32-28(26)36(25)22-10-8-21(29)9-11-22)30-16-23(37)17-34-12-14-35(15-13-34)24-7-5-6-19(2)20(24)3/h5-11,18,23,37H,4,12-17H2,1-3H3,(H,30,31,32). The zero-order valence-electron chi connectivity index (χ0n) is 21.7. The molecule has 3 heterocycles. The second-order valence-electron chi connectivity index (χ2n) is 9.63. The number of imidazole rings is 1. The van der Waals surface area contributed by atoms with Crippen molar-refractivity contribution in [3.8, 4) is 5.69 Å². The Morgan fingerprint density at radius 1 is 1.03 bits per heavy atom. The third kappa shape index (κ3) is 5.42. The number of fused-ring (bicyclic) bond motifs is 1. The van der Waals surface area contributed by atoms with Crippen molar-refractivity contribution in [1.29, 1.82) is 0 Å². The summed E-state index contributed by atoms with van der Waals surface area (Å²) < 4.78 is 2.03. The van der Waals surface area contributed by atoms with Crippen LogP contribution in [0.3, 0.4) is 0 Å². The average molecular weight is 520 g/mol. The van der Waals surface area contributed by atoms with Crippen LogP contribution in [0.4, 0.5) is 11.5 Å². The fourth-order valence-corrected chi connectivity index (χ4v) is 5.12. The van der Waals surface area contributed by atoms with Crippen LogP contribution in [0, 0.1) is 13.8 Å². The van der Waals surface area contributed by atoms with Crippen molar-refractivity contribution in [2.24, 2.45) is 0 Å². The molecule has 0 saturated carbocycles. The van der Waals surface area contributed by atoms with Crippen LogP contribution in [0.25, 0.3) is 16.9 Å². The number of benzene rings is 2. The Labute approximate surface area is 222 Å². The van der Waals surface area contributed by atoms with Crippen molar-refractivity contribution in [3.63, 3.8) is 0 Å². The topological polar surface area (TPSA) is 82.3 Å². The summed E-state index contributed by atoms with van der Waals surface area (Å²) in [5, 5.41) is 14.8. The zero-order chi connectivity index (χ0) is 25.9. The summed E-state index contributed by atoms with van der Waals surface area (Å²) in [6.45, 7) is 11.2. The Morgan fingerprint density at radius 3 is 2.51 bits per heavy atom. The van der Waals surface area contributed by atoms with Gasteiger partial charge in [-0.25, -0.2) is 15.0 Å². The van der Waals surface area contributed by atoms with E-state index >= 15 is 0 Å². The molecule has 194 valence electrons. The highest BCUT2D eigenvalue weighted by molar-refractivity contribution is 6.30. The van der Waals surface area contributed by atoms with Gasteiger partial charge in [0, 0.05) is 62.1 Å². The zero-order valence-corrected chi connectivity index (χ0v) is 22.4. The molecule has 0 spiro atoms. The van der Waals surface area contributed by atoms with Crippen LogP contribution in [-0.2, 0) is 6.42 Å². The van der Waals surface area contributed by atoms with Crippen molar-refractivity contribution >= 4 is 34.3 Å². The predicted octanol–water partition coefficient (Wildman–Crippen LogP) is 4.24. The molecule has 1 aliphatic rings. The van der Waals surface area contributed by atoms with Gasteiger partial charge in [0.1, 0.15) is 12.2 Å². The molecule has 1 saturated heterocycles. The summed E-state index contributed by atoms with van der Waals surface area (Å²) in [7, 11) is 0. The van der Waals surface area contributed by atoms with Crippen molar-refractivity contribution in [2.45, 2.75) is 33.3 Å². The first-order valence-electron chi connectivity index (χ1n) is 12.9. The largest absolute Gasteiger partial charge is 0.390 e.